The molecular formula is C25H23FN2O5S2. The average Bonchev–Trinajstić information content (AvgIpc) is 2.86. The third-order valence-corrected chi connectivity index (χ3v) is 8.72. The van der Waals surface area contributed by atoms with Gasteiger partial charge in [-0.15, -0.1) is 11.8 Å². The fourth-order valence-corrected chi connectivity index (χ4v) is 6.74. The zero-order chi connectivity index (χ0) is 25.2. The van der Waals surface area contributed by atoms with Gasteiger partial charge in [0.15, 0.2) is 0 Å². The molecule has 0 saturated carbocycles. The standard InChI is InChI=1S/C25H23FN2O5S2/c1-2-25-21(27-19(29)12-15-8-10-18(26)11-9-15)22(30)28(25)20(23(31)32)17(14-35-25)13-34-24(33)16-6-4-3-5-7-16/h3-11,21H,2,12-14H2,1H3,(H,27,29)(H,31,32). The second kappa shape index (κ2) is 10.2. The number of β-lactam (4-membered cyclic amide) rings is 1. The van der Waals surface area contributed by atoms with Crippen LogP contribution < -0.4 is 5.32 Å². The van der Waals surface area contributed by atoms with Crippen LogP contribution in [0.3, 0.4) is 0 Å². The minimum absolute atomic E-state index is 0.0281. The van der Waals surface area contributed by atoms with Gasteiger partial charge in [-0.05, 0) is 29.7 Å². The Kier molecular flexibility index (Phi) is 7.32. The topological polar surface area (TPSA) is 104 Å². The minimum Gasteiger partial charge on any atom is -0.477 e. The van der Waals surface area contributed by atoms with E-state index in [-0.39, 0.29) is 23.0 Å². The summed E-state index contributed by atoms with van der Waals surface area (Å²) in [7, 11) is 0. The van der Waals surface area contributed by atoms with Crippen LogP contribution in [0.4, 0.5) is 4.39 Å². The Morgan fingerprint density at radius 3 is 2.49 bits per heavy atom. The van der Waals surface area contributed by atoms with Crippen LogP contribution in [0.15, 0.2) is 65.9 Å². The van der Waals surface area contributed by atoms with Gasteiger partial charge in [0, 0.05) is 17.1 Å². The molecule has 2 aliphatic rings. The largest absolute Gasteiger partial charge is 0.477 e. The van der Waals surface area contributed by atoms with Crippen LogP contribution in [0, 0.1) is 5.82 Å². The van der Waals surface area contributed by atoms with Gasteiger partial charge in [-0.1, -0.05) is 61.2 Å². The maximum Gasteiger partial charge on any atom is 0.352 e. The quantitative estimate of drug-likeness (QED) is 0.520. The van der Waals surface area contributed by atoms with Gasteiger partial charge in [0.05, 0.1) is 6.42 Å². The number of aliphatic carboxylic acids is 1. The van der Waals surface area contributed by atoms with Crippen LogP contribution in [0.5, 0.6) is 0 Å². The predicted octanol–water partition coefficient (Wildman–Crippen LogP) is 3.46. The third kappa shape index (κ3) is 4.85. The molecule has 1 saturated heterocycles. The van der Waals surface area contributed by atoms with Gasteiger partial charge in [-0.2, -0.15) is 0 Å². The predicted molar refractivity (Wildman–Crippen MR) is 132 cm³/mol. The summed E-state index contributed by atoms with van der Waals surface area (Å²) in [6, 6.07) is 13.3. The number of fused-ring (bicyclic) bond motifs is 1. The van der Waals surface area contributed by atoms with Crippen LogP contribution in [0.2, 0.25) is 0 Å². The maximum atomic E-state index is 13.1. The monoisotopic (exact) mass is 514 g/mol. The first kappa shape index (κ1) is 25.0. The number of hydrogen-bond acceptors (Lipinski definition) is 6. The highest BCUT2D eigenvalue weighted by atomic mass is 32.2. The van der Waals surface area contributed by atoms with Gasteiger partial charge >= 0.3 is 5.97 Å². The lowest BCUT2D eigenvalue weighted by atomic mass is 9.89. The number of thioether (sulfide) groups is 2. The first-order valence-corrected chi connectivity index (χ1v) is 12.9. The fraction of sp³-hybridized carbons (Fsp3) is 0.280. The molecule has 0 aliphatic carbocycles. The van der Waals surface area contributed by atoms with E-state index in [0.717, 1.165) is 11.8 Å². The molecular weight excluding hydrogens is 491 g/mol. The van der Waals surface area contributed by atoms with E-state index in [1.165, 1.54) is 40.9 Å². The van der Waals surface area contributed by atoms with E-state index in [0.29, 0.717) is 28.9 Å². The Morgan fingerprint density at radius 1 is 1.17 bits per heavy atom. The molecule has 2 atom stereocenters. The lowest BCUT2D eigenvalue weighted by molar-refractivity contribution is -0.157. The van der Waals surface area contributed by atoms with Crippen LogP contribution in [-0.2, 0) is 20.8 Å². The summed E-state index contributed by atoms with van der Waals surface area (Å²) in [5.41, 5.74) is 1.49. The number of amides is 2. The van der Waals surface area contributed by atoms with Gasteiger partial charge in [-0.25, -0.2) is 9.18 Å². The second-order valence-electron chi connectivity index (χ2n) is 8.16. The van der Waals surface area contributed by atoms with E-state index < -0.39 is 34.5 Å². The number of carboxylic acids is 1. The molecule has 0 bridgehead atoms. The minimum atomic E-state index is -1.24. The second-order valence-corrected chi connectivity index (χ2v) is 10.4. The number of carbonyl (C=O) groups is 4. The summed E-state index contributed by atoms with van der Waals surface area (Å²) in [6.45, 7) is 1.84. The number of rotatable bonds is 8. The van der Waals surface area contributed by atoms with Crippen molar-refractivity contribution in [1.82, 2.24) is 10.2 Å². The van der Waals surface area contributed by atoms with Crippen LogP contribution in [0.25, 0.3) is 0 Å². The van der Waals surface area contributed by atoms with Crippen molar-refractivity contribution in [2.45, 2.75) is 30.7 Å². The number of benzene rings is 2. The molecule has 1 fully saturated rings. The average molecular weight is 515 g/mol. The molecule has 2 N–H and O–H groups in total. The molecule has 2 amide bonds. The van der Waals surface area contributed by atoms with E-state index in [4.69, 9.17) is 0 Å². The van der Waals surface area contributed by atoms with E-state index in [9.17, 15) is 28.7 Å². The molecule has 182 valence electrons. The maximum absolute atomic E-state index is 13.1. The van der Waals surface area contributed by atoms with E-state index in [1.54, 1.807) is 30.3 Å². The molecule has 2 aliphatic heterocycles. The highest BCUT2D eigenvalue weighted by Crippen LogP contribution is 2.52. The van der Waals surface area contributed by atoms with Crippen molar-refractivity contribution in [3.8, 4) is 0 Å². The number of hydrogen-bond donors (Lipinski definition) is 2. The molecule has 2 aromatic carbocycles. The Balaban J connectivity index is 1.50. The Morgan fingerprint density at radius 2 is 1.86 bits per heavy atom. The van der Waals surface area contributed by atoms with Gasteiger partial charge in [-0.3, -0.25) is 19.3 Å². The highest BCUT2D eigenvalue weighted by molar-refractivity contribution is 8.14. The third-order valence-electron chi connectivity index (χ3n) is 6.03. The summed E-state index contributed by atoms with van der Waals surface area (Å²) in [6.07, 6.45) is 0.394. The molecule has 7 nitrogen and oxygen atoms in total. The normalized spacial score (nSPS) is 21.3. The van der Waals surface area contributed by atoms with Gasteiger partial charge in [0.2, 0.25) is 11.0 Å². The summed E-state index contributed by atoms with van der Waals surface area (Å²) in [4.78, 5) is 50.7. The van der Waals surface area contributed by atoms with Crippen molar-refractivity contribution in [2.24, 2.45) is 0 Å². The number of nitrogens with one attached hydrogen (secondary N) is 1. The lowest BCUT2D eigenvalue weighted by Gasteiger charge is -2.58. The molecule has 0 spiro atoms. The lowest BCUT2D eigenvalue weighted by Crippen LogP contribution is -2.78. The van der Waals surface area contributed by atoms with Crippen molar-refractivity contribution in [3.63, 3.8) is 0 Å². The number of carboxylic acid groups (broad SMARTS) is 1. The van der Waals surface area contributed by atoms with Crippen LogP contribution >= 0.6 is 23.5 Å². The number of carbonyl (C=O) groups excluding carboxylic acids is 3. The Labute approximate surface area is 210 Å². The zero-order valence-corrected chi connectivity index (χ0v) is 20.5. The van der Waals surface area contributed by atoms with Gasteiger partial charge in [0.25, 0.3) is 5.91 Å². The molecule has 2 unspecified atom stereocenters. The van der Waals surface area contributed by atoms with E-state index >= 15 is 0 Å². The molecule has 4 rings (SSSR count). The molecule has 10 heteroatoms. The SMILES string of the molecule is CCC12SCC(CSC(=O)c3ccccc3)=C(C(=O)O)N1C(=O)C2NC(=O)Cc1ccc(F)cc1. The van der Waals surface area contributed by atoms with Crippen LogP contribution in [0.1, 0.15) is 29.3 Å². The number of halogens is 1. The first-order chi connectivity index (χ1) is 16.8. The molecule has 2 aromatic rings. The van der Waals surface area contributed by atoms with Gasteiger partial charge < -0.3 is 10.4 Å². The summed E-state index contributed by atoms with van der Waals surface area (Å²) in [5, 5.41) is 12.5. The zero-order valence-electron chi connectivity index (χ0n) is 18.8. The van der Waals surface area contributed by atoms with Crippen molar-refractivity contribution in [3.05, 3.63) is 82.8 Å². The van der Waals surface area contributed by atoms with Gasteiger partial charge in [0.1, 0.15) is 22.4 Å². The smallest absolute Gasteiger partial charge is 0.352 e. The van der Waals surface area contributed by atoms with E-state index in [2.05, 4.69) is 5.32 Å². The fourth-order valence-electron chi connectivity index (χ4n) is 4.26. The number of nitrogens with zero attached hydrogens (tertiary/aromatic N) is 1. The molecule has 35 heavy (non-hydrogen) atoms. The van der Waals surface area contributed by atoms with Crippen molar-refractivity contribution in [2.75, 3.05) is 11.5 Å². The Bertz CT molecular complexity index is 1200. The molecule has 2 heterocycles. The van der Waals surface area contributed by atoms with Crippen LogP contribution in [-0.4, -0.2) is 55.3 Å². The van der Waals surface area contributed by atoms with Crippen molar-refractivity contribution < 1.29 is 28.7 Å². The Hall–Kier alpha value is -3.11. The van der Waals surface area contributed by atoms with Crippen molar-refractivity contribution in [1.29, 1.82) is 0 Å². The van der Waals surface area contributed by atoms with Crippen molar-refractivity contribution >= 4 is 46.4 Å². The highest BCUT2D eigenvalue weighted by Gasteiger charge is 2.64. The van der Waals surface area contributed by atoms with E-state index in [1.807, 2.05) is 6.92 Å². The summed E-state index contributed by atoms with van der Waals surface area (Å²) < 4.78 is 13.1. The summed E-state index contributed by atoms with van der Waals surface area (Å²) >= 11 is 2.39. The summed E-state index contributed by atoms with van der Waals surface area (Å²) in [5.74, 6) is -2.09. The first-order valence-electron chi connectivity index (χ1n) is 11.0. The molecule has 0 aromatic heterocycles. The molecule has 0 radical (unpaired) electrons.